The molecule has 2 heterocycles. The summed E-state index contributed by atoms with van der Waals surface area (Å²) in [5, 5.41) is 0. The Balaban J connectivity index is 1.82. The number of rotatable bonds is 3. The largest absolute Gasteiger partial charge is 0.373 e. The molecule has 20 heavy (non-hydrogen) atoms. The van der Waals surface area contributed by atoms with E-state index < -0.39 is 15.4 Å². The fraction of sp³-hybridized carbons (Fsp3) is 0.600. The smallest absolute Gasteiger partial charge is 0.181 e. The lowest BCUT2D eigenvalue weighted by atomic mass is 9.68. The number of ether oxygens (including phenoxy) is 1. The van der Waals surface area contributed by atoms with Crippen LogP contribution in [0.3, 0.4) is 0 Å². The predicted octanol–water partition coefficient (Wildman–Crippen LogP) is 3.57. The molecule has 5 heteroatoms. The van der Waals surface area contributed by atoms with E-state index >= 15 is 0 Å². The second kappa shape index (κ2) is 4.82. The number of fused-ring (bicyclic) bond motifs is 3. The molecule has 3 aliphatic rings. The zero-order chi connectivity index (χ0) is 14.4. The van der Waals surface area contributed by atoms with Crippen LogP contribution < -0.4 is 0 Å². The maximum absolute atomic E-state index is 12.6. The van der Waals surface area contributed by atoms with Gasteiger partial charge in [-0.15, -0.1) is 0 Å². The molecule has 1 aromatic rings. The van der Waals surface area contributed by atoms with Gasteiger partial charge in [0.2, 0.25) is 0 Å². The van der Waals surface area contributed by atoms with E-state index in [0.717, 1.165) is 30.2 Å². The number of benzene rings is 1. The quantitative estimate of drug-likeness (QED) is 0.829. The van der Waals surface area contributed by atoms with Gasteiger partial charge in [0.05, 0.1) is 22.9 Å². The highest BCUT2D eigenvalue weighted by Crippen LogP contribution is 2.49. The van der Waals surface area contributed by atoms with E-state index in [1.54, 1.807) is 24.3 Å². The van der Waals surface area contributed by atoms with Crippen LogP contribution >= 0.6 is 15.9 Å². The van der Waals surface area contributed by atoms with Crippen LogP contribution in [0, 0.1) is 5.41 Å². The van der Waals surface area contributed by atoms with Crippen molar-refractivity contribution in [1.82, 2.24) is 0 Å². The molecule has 2 saturated heterocycles. The summed E-state index contributed by atoms with van der Waals surface area (Å²) in [5.41, 5.74) is -0.188. The fourth-order valence-corrected chi connectivity index (χ4v) is 5.23. The maximum Gasteiger partial charge on any atom is 0.181 e. The lowest BCUT2D eigenvalue weighted by Gasteiger charge is -2.51. The molecule has 0 spiro atoms. The van der Waals surface area contributed by atoms with Crippen LogP contribution in [0.2, 0.25) is 0 Å². The first kappa shape index (κ1) is 14.5. The minimum Gasteiger partial charge on any atom is -0.373 e. The van der Waals surface area contributed by atoms with Crippen LogP contribution in [0.1, 0.15) is 32.6 Å². The summed E-state index contributed by atoms with van der Waals surface area (Å²) in [6, 6.07) is 6.85. The third kappa shape index (κ3) is 2.68. The number of hydrogen-bond acceptors (Lipinski definition) is 3. The maximum atomic E-state index is 12.6. The number of sulfone groups is 1. The van der Waals surface area contributed by atoms with E-state index in [-0.39, 0.29) is 11.2 Å². The predicted molar refractivity (Wildman–Crippen MR) is 81.5 cm³/mol. The van der Waals surface area contributed by atoms with Crippen molar-refractivity contribution in [3.05, 3.63) is 28.7 Å². The molecule has 0 radical (unpaired) electrons. The molecule has 1 saturated carbocycles. The summed E-state index contributed by atoms with van der Waals surface area (Å²) in [6.07, 6.45) is 3.87. The summed E-state index contributed by atoms with van der Waals surface area (Å²) in [5.74, 6) is 0.109. The molecule has 2 bridgehead atoms. The Morgan fingerprint density at radius 3 is 2.25 bits per heavy atom. The van der Waals surface area contributed by atoms with Crippen molar-refractivity contribution in [2.45, 2.75) is 43.1 Å². The molecule has 0 N–H and O–H groups in total. The average Bonchev–Trinajstić information content (AvgIpc) is 2.41. The summed E-state index contributed by atoms with van der Waals surface area (Å²) >= 11 is 3.33. The number of hydrogen-bond donors (Lipinski definition) is 0. The zero-order valence-corrected chi connectivity index (χ0v) is 14.0. The second-order valence-electron chi connectivity index (χ2n) is 6.50. The highest BCUT2D eigenvalue weighted by Gasteiger charge is 2.49. The lowest BCUT2D eigenvalue weighted by molar-refractivity contribution is -0.165. The Hall–Kier alpha value is -0.390. The summed E-state index contributed by atoms with van der Waals surface area (Å²) < 4.78 is 32.0. The van der Waals surface area contributed by atoms with E-state index in [1.165, 1.54) is 0 Å². The van der Waals surface area contributed by atoms with Crippen molar-refractivity contribution in [1.29, 1.82) is 0 Å². The standard InChI is InChI=1S/C15H19BrO3S/c1-14-6-8-15(9-7-14,19-10-14)11-20(17,18)13-4-2-12(16)3-5-13/h2-5H,6-11H2,1H3. The van der Waals surface area contributed by atoms with Gasteiger partial charge in [0.25, 0.3) is 0 Å². The first-order valence-corrected chi connectivity index (χ1v) is 9.40. The summed E-state index contributed by atoms with van der Waals surface area (Å²) in [6.45, 7) is 2.93. The molecule has 2 aliphatic heterocycles. The molecular formula is C15H19BrO3S. The first-order chi connectivity index (χ1) is 9.33. The SMILES string of the molecule is CC12CCC(CS(=O)(=O)c3ccc(Br)cc3)(CC1)OC2. The topological polar surface area (TPSA) is 43.4 Å². The fourth-order valence-electron chi connectivity index (χ4n) is 3.18. The molecule has 1 aliphatic carbocycles. The Kier molecular flexibility index (Phi) is 3.50. The highest BCUT2D eigenvalue weighted by atomic mass is 79.9. The molecular weight excluding hydrogens is 340 g/mol. The van der Waals surface area contributed by atoms with Crippen molar-refractivity contribution >= 4 is 25.8 Å². The molecule has 3 fully saturated rings. The first-order valence-electron chi connectivity index (χ1n) is 6.95. The zero-order valence-electron chi connectivity index (χ0n) is 11.6. The van der Waals surface area contributed by atoms with Crippen LogP contribution in [-0.4, -0.2) is 26.4 Å². The van der Waals surface area contributed by atoms with E-state index in [4.69, 9.17) is 4.74 Å². The molecule has 0 aromatic heterocycles. The van der Waals surface area contributed by atoms with Gasteiger partial charge < -0.3 is 4.74 Å². The molecule has 110 valence electrons. The van der Waals surface area contributed by atoms with E-state index in [2.05, 4.69) is 22.9 Å². The minimum atomic E-state index is -3.29. The normalized spacial score (nSPS) is 33.3. The van der Waals surface area contributed by atoms with Crippen LogP contribution in [-0.2, 0) is 14.6 Å². The van der Waals surface area contributed by atoms with Gasteiger partial charge in [-0.1, -0.05) is 22.9 Å². The van der Waals surface area contributed by atoms with Crippen molar-refractivity contribution < 1.29 is 13.2 Å². The van der Waals surface area contributed by atoms with Gasteiger partial charge in [-0.2, -0.15) is 0 Å². The van der Waals surface area contributed by atoms with Gasteiger partial charge in [-0.25, -0.2) is 8.42 Å². The summed E-state index contributed by atoms with van der Waals surface area (Å²) in [4.78, 5) is 0.387. The van der Waals surface area contributed by atoms with Crippen LogP contribution in [0.25, 0.3) is 0 Å². The second-order valence-corrected chi connectivity index (χ2v) is 9.40. The molecule has 1 aromatic carbocycles. The van der Waals surface area contributed by atoms with Crippen LogP contribution in [0.4, 0.5) is 0 Å². The summed E-state index contributed by atoms with van der Waals surface area (Å²) in [7, 11) is -3.29. The third-order valence-electron chi connectivity index (χ3n) is 4.72. The van der Waals surface area contributed by atoms with Gasteiger partial charge >= 0.3 is 0 Å². The third-order valence-corrected chi connectivity index (χ3v) is 7.15. The van der Waals surface area contributed by atoms with Gasteiger partial charge in [0.1, 0.15) is 0 Å². The van der Waals surface area contributed by atoms with Crippen molar-refractivity contribution in [2.75, 3.05) is 12.4 Å². The molecule has 0 amide bonds. The molecule has 0 unspecified atom stereocenters. The minimum absolute atomic E-state index is 0.109. The van der Waals surface area contributed by atoms with Crippen LogP contribution in [0.5, 0.6) is 0 Å². The Labute approximate surface area is 128 Å². The van der Waals surface area contributed by atoms with Gasteiger partial charge in [-0.05, 0) is 55.4 Å². The van der Waals surface area contributed by atoms with Gasteiger partial charge in [-0.3, -0.25) is 0 Å². The molecule has 4 rings (SSSR count). The van der Waals surface area contributed by atoms with E-state index in [9.17, 15) is 8.42 Å². The number of halogens is 1. The Bertz CT molecular complexity index is 582. The van der Waals surface area contributed by atoms with Gasteiger partial charge in [0.15, 0.2) is 9.84 Å². The van der Waals surface area contributed by atoms with Gasteiger partial charge in [0, 0.05) is 4.47 Å². The lowest BCUT2D eigenvalue weighted by Crippen LogP contribution is -2.53. The van der Waals surface area contributed by atoms with Crippen molar-refractivity contribution in [3.63, 3.8) is 0 Å². The van der Waals surface area contributed by atoms with Crippen molar-refractivity contribution in [2.24, 2.45) is 5.41 Å². The molecule has 3 nitrogen and oxygen atoms in total. The van der Waals surface area contributed by atoms with Crippen molar-refractivity contribution in [3.8, 4) is 0 Å². The Morgan fingerprint density at radius 1 is 1.15 bits per heavy atom. The van der Waals surface area contributed by atoms with E-state index in [0.29, 0.717) is 11.5 Å². The molecule has 0 atom stereocenters. The average molecular weight is 359 g/mol. The highest BCUT2D eigenvalue weighted by molar-refractivity contribution is 9.10. The monoisotopic (exact) mass is 358 g/mol. The van der Waals surface area contributed by atoms with E-state index in [1.807, 2.05) is 0 Å². The van der Waals surface area contributed by atoms with Crippen LogP contribution in [0.15, 0.2) is 33.6 Å². The Morgan fingerprint density at radius 2 is 1.75 bits per heavy atom.